The molecule has 1 aliphatic carbocycles. The second kappa shape index (κ2) is 3.89. The van der Waals surface area contributed by atoms with Gasteiger partial charge in [-0.1, -0.05) is 12.1 Å². The summed E-state index contributed by atoms with van der Waals surface area (Å²) < 4.78 is 1.09. The summed E-state index contributed by atoms with van der Waals surface area (Å²) in [4.78, 5) is 15.7. The molecule has 1 heterocycles. The smallest absolute Gasteiger partial charge is 0.133 e. The molecule has 3 nitrogen and oxygen atoms in total. The Kier molecular flexibility index (Phi) is 2.49. The summed E-state index contributed by atoms with van der Waals surface area (Å²) >= 11 is 1.53. The average Bonchev–Trinajstić information content (AvgIpc) is 2.77. The van der Waals surface area contributed by atoms with Crippen molar-refractivity contribution in [1.29, 1.82) is 0 Å². The van der Waals surface area contributed by atoms with E-state index in [9.17, 15) is 9.90 Å². The third-order valence-corrected chi connectivity index (χ3v) is 4.56. The minimum atomic E-state index is -0.891. The molecule has 1 aromatic heterocycles. The molecule has 88 valence electrons. The van der Waals surface area contributed by atoms with E-state index >= 15 is 0 Å². The Morgan fingerprint density at radius 2 is 1.94 bits per heavy atom. The first-order valence-corrected chi connectivity index (χ1v) is 6.59. The fourth-order valence-electron chi connectivity index (χ4n) is 2.23. The zero-order valence-electron chi connectivity index (χ0n) is 9.35. The molecule has 0 atom stereocenters. The number of hydrogen-bond donors (Lipinski definition) is 1. The third-order valence-electron chi connectivity index (χ3n) is 3.33. The highest BCUT2D eigenvalue weighted by Crippen LogP contribution is 2.39. The highest BCUT2D eigenvalue weighted by atomic mass is 32.1. The monoisotopic (exact) mass is 247 g/mol. The predicted molar refractivity (Wildman–Crippen MR) is 67.0 cm³/mol. The average molecular weight is 247 g/mol. The lowest BCUT2D eigenvalue weighted by molar-refractivity contribution is -0.125. The molecule has 0 amide bonds. The number of carbonyl (C=O) groups is 1. The van der Waals surface area contributed by atoms with Gasteiger partial charge in [0.15, 0.2) is 0 Å². The summed E-state index contributed by atoms with van der Waals surface area (Å²) in [5, 5.41) is 11.3. The molecule has 1 N–H and O–H groups in total. The van der Waals surface area contributed by atoms with Crippen LogP contribution in [0.3, 0.4) is 0 Å². The van der Waals surface area contributed by atoms with Crippen LogP contribution in [0, 0.1) is 0 Å². The molecule has 1 aromatic carbocycles. The summed E-state index contributed by atoms with van der Waals surface area (Å²) in [6.07, 6.45) is 1.94. The Morgan fingerprint density at radius 3 is 2.65 bits per heavy atom. The standard InChI is InChI=1S/C13H13NO2S/c15-9-5-7-13(16,8-6-9)12-14-10-3-1-2-4-11(10)17-12/h1-4,16H,5-8H2. The molecule has 1 fully saturated rings. The molecule has 0 spiro atoms. The Balaban J connectivity index is 2.00. The molecule has 17 heavy (non-hydrogen) atoms. The van der Waals surface area contributed by atoms with Crippen molar-refractivity contribution in [3.05, 3.63) is 29.3 Å². The van der Waals surface area contributed by atoms with Gasteiger partial charge in [0, 0.05) is 12.8 Å². The Hall–Kier alpha value is -1.26. The number of aromatic nitrogens is 1. The number of benzene rings is 1. The largest absolute Gasteiger partial charge is 0.383 e. The SMILES string of the molecule is O=C1CCC(O)(c2nc3ccccc3s2)CC1. The first kappa shape index (κ1) is 10.9. The Bertz CT molecular complexity index is 533. The van der Waals surface area contributed by atoms with Crippen LogP contribution in [0.2, 0.25) is 0 Å². The molecule has 0 aliphatic heterocycles. The van der Waals surface area contributed by atoms with Crippen LogP contribution in [0.15, 0.2) is 24.3 Å². The van der Waals surface area contributed by atoms with E-state index in [1.54, 1.807) is 0 Å². The highest BCUT2D eigenvalue weighted by Gasteiger charge is 2.36. The van der Waals surface area contributed by atoms with Gasteiger partial charge in [0.2, 0.25) is 0 Å². The zero-order chi connectivity index (χ0) is 11.9. The molecule has 0 bridgehead atoms. The molecule has 1 saturated carbocycles. The van der Waals surface area contributed by atoms with Gasteiger partial charge in [-0.15, -0.1) is 11.3 Å². The van der Waals surface area contributed by atoms with Gasteiger partial charge in [0.1, 0.15) is 16.4 Å². The number of rotatable bonds is 1. The lowest BCUT2D eigenvalue weighted by atomic mass is 9.85. The fraction of sp³-hybridized carbons (Fsp3) is 0.385. The van der Waals surface area contributed by atoms with Crippen molar-refractivity contribution in [1.82, 2.24) is 4.98 Å². The van der Waals surface area contributed by atoms with Crippen molar-refractivity contribution in [3.8, 4) is 0 Å². The Morgan fingerprint density at radius 1 is 1.24 bits per heavy atom. The van der Waals surface area contributed by atoms with Gasteiger partial charge >= 0.3 is 0 Å². The van der Waals surface area contributed by atoms with Crippen molar-refractivity contribution in [2.75, 3.05) is 0 Å². The number of nitrogens with zero attached hydrogens (tertiary/aromatic N) is 1. The lowest BCUT2D eigenvalue weighted by Crippen LogP contribution is -2.31. The summed E-state index contributed by atoms with van der Waals surface area (Å²) in [6, 6.07) is 7.87. The van der Waals surface area contributed by atoms with Gasteiger partial charge in [0.25, 0.3) is 0 Å². The molecule has 0 radical (unpaired) electrons. The van der Waals surface area contributed by atoms with Crippen LogP contribution in [0.5, 0.6) is 0 Å². The number of aliphatic hydroxyl groups is 1. The van der Waals surface area contributed by atoms with Crippen LogP contribution in [-0.4, -0.2) is 15.9 Å². The summed E-state index contributed by atoms with van der Waals surface area (Å²) in [5.41, 5.74) is 0.0373. The van der Waals surface area contributed by atoms with Crippen molar-refractivity contribution >= 4 is 27.3 Å². The minimum Gasteiger partial charge on any atom is -0.383 e. The molecule has 1 aliphatic rings. The molecule has 4 heteroatoms. The minimum absolute atomic E-state index is 0.246. The van der Waals surface area contributed by atoms with Crippen LogP contribution in [0.4, 0.5) is 0 Å². The van der Waals surface area contributed by atoms with Crippen molar-refractivity contribution < 1.29 is 9.90 Å². The lowest BCUT2D eigenvalue weighted by Gasteiger charge is -2.29. The van der Waals surface area contributed by atoms with E-state index in [0.29, 0.717) is 25.7 Å². The quantitative estimate of drug-likeness (QED) is 0.842. The second-order valence-electron chi connectivity index (χ2n) is 4.56. The molecule has 0 unspecified atom stereocenters. The molecule has 2 aromatic rings. The van der Waals surface area contributed by atoms with E-state index < -0.39 is 5.60 Å². The number of carbonyl (C=O) groups excluding carboxylic acids is 1. The predicted octanol–water partition coefficient (Wildman–Crippen LogP) is 2.63. The van der Waals surface area contributed by atoms with E-state index in [4.69, 9.17) is 0 Å². The number of ketones is 1. The van der Waals surface area contributed by atoms with Crippen LogP contribution >= 0.6 is 11.3 Å². The maximum absolute atomic E-state index is 11.2. The molecular weight excluding hydrogens is 234 g/mol. The maximum Gasteiger partial charge on any atom is 0.133 e. The van der Waals surface area contributed by atoms with E-state index in [-0.39, 0.29) is 5.78 Å². The summed E-state index contributed by atoms with van der Waals surface area (Å²) in [5.74, 6) is 0.246. The first-order chi connectivity index (χ1) is 8.17. The van der Waals surface area contributed by atoms with Gasteiger partial charge in [-0.3, -0.25) is 4.79 Å². The third kappa shape index (κ3) is 1.87. The van der Waals surface area contributed by atoms with Gasteiger partial charge in [0.05, 0.1) is 10.2 Å². The van der Waals surface area contributed by atoms with Crippen LogP contribution in [-0.2, 0) is 10.4 Å². The molecule has 3 rings (SSSR count). The second-order valence-corrected chi connectivity index (χ2v) is 5.59. The van der Waals surface area contributed by atoms with Crippen LogP contribution in [0.1, 0.15) is 30.7 Å². The van der Waals surface area contributed by atoms with Gasteiger partial charge in [-0.05, 0) is 25.0 Å². The van der Waals surface area contributed by atoms with Crippen molar-refractivity contribution in [3.63, 3.8) is 0 Å². The van der Waals surface area contributed by atoms with Gasteiger partial charge in [-0.25, -0.2) is 4.98 Å². The van der Waals surface area contributed by atoms with Gasteiger partial charge in [-0.2, -0.15) is 0 Å². The van der Waals surface area contributed by atoms with Crippen LogP contribution in [0.25, 0.3) is 10.2 Å². The zero-order valence-corrected chi connectivity index (χ0v) is 10.2. The fourth-order valence-corrected chi connectivity index (χ4v) is 3.34. The number of fused-ring (bicyclic) bond motifs is 1. The molecular formula is C13H13NO2S. The highest BCUT2D eigenvalue weighted by molar-refractivity contribution is 7.18. The number of hydrogen-bond acceptors (Lipinski definition) is 4. The normalized spacial score (nSPS) is 19.7. The van der Waals surface area contributed by atoms with Crippen LogP contribution < -0.4 is 0 Å². The van der Waals surface area contributed by atoms with E-state index in [2.05, 4.69) is 4.98 Å². The van der Waals surface area contributed by atoms with Crippen molar-refractivity contribution in [2.45, 2.75) is 31.3 Å². The summed E-state index contributed by atoms with van der Waals surface area (Å²) in [7, 11) is 0. The maximum atomic E-state index is 11.2. The first-order valence-electron chi connectivity index (χ1n) is 5.77. The van der Waals surface area contributed by atoms with E-state index in [1.807, 2.05) is 24.3 Å². The number of thiazole rings is 1. The number of para-hydroxylation sites is 1. The molecule has 0 saturated heterocycles. The van der Waals surface area contributed by atoms with E-state index in [0.717, 1.165) is 15.2 Å². The topological polar surface area (TPSA) is 50.2 Å². The summed E-state index contributed by atoms with van der Waals surface area (Å²) in [6.45, 7) is 0. The number of Topliss-reactive ketones (excluding diaryl/α,β-unsaturated/α-hetero) is 1. The Labute approximate surface area is 103 Å². The van der Waals surface area contributed by atoms with Gasteiger partial charge < -0.3 is 5.11 Å². The van der Waals surface area contributed by atoms with Crippen molar-refractivity contribution in [2.24, 2.45) is 0 Å². The van der Waals surface area contributed by atoms with E-state index in [1.165, 1.54) is 11.3 Å².